The Morgan fingerprint density at radius 2 is 1.63 bits per heavy atom. The van der Waals surface area contributed by atoms with Crippen LogP contribution in [-0.4, -0.2) is 28.2 Å². The lowest BCUT2D eigenvalue weighted by molar-refractivity contribution is -0.115. The predicted molar refractivity (Wildman–Crippen MR) is 179 cm³/mol. The Bertz CT molecular complexity index is 1840. The van der Waals surface area contributed by atoms with Gasteiger partial charge in [-0.3, -0.25) is 9.69 Å². The van der Waals surface area contributed by atoms with Crippen molar-refractivity contribution in [2.24, 2.45) is 0 Å². The zero-order valence-electron chi connectivity index (χ0n) is 22.8. The van der Waals surface area contributed by atoms with Crippen molar-refractivity contribution < 1.29 is 9.59 Å². The van der Waals surface area contributed by atoms with Gasteiger partial charge in [0, 0.05) is 15.5 Å². The average molecular weight is 619 g/mol. The quantitative estimate of drug-likeness (QED) is 0.186. The number of carbonyl (C=O) groups is 2. The summed E-state index contributed by atoms with van der Waals surface area (Å²) in [5, 5.41) is 6.35. The topological polar surface area (TPSA) is 74.3 Å². The van der Waals surface area contributed by atoms with Gasteiger partial charge in [0.05, 0.1) is 27.2 Å². The van der Waals surface area contributed by atoms with Gasteiger partial charge in [-0.2, -0.15) is 0 Å². The first-order valence-corrected chi connectivity index (χ1v) is 16.4. The van der Waals surface area contributed by atoms with E-state index in [4.69, 9.17) is 0 Å². The number of carbonyl (C=O) groups excluding carboxylic acids is 2. The summed E-state index contributed by atoms with van der Waals surface area (Å²) in [7, 11) is 0. The van der Waals surface area contributed by atoms with E-state index in [1.54, 1.807) is 11.8 Å². The molecule has 3 atom stereocenters. The molecule has 212 valence electrons. The SMILES string of the molecule is O=C(Nc1nc2ccccc2s1)C(Sc1cccc(NC(=O)N2c3ccccc3SC3C=CC=CC32)c1)c1ccccc1. The molecule has 1 aromatic heterocycles. The van der Waals surface area contributed by atoms with Crippen molar-refractivity contribution in [1.29, 1.82) is 0 Å². The zero-order valence-corrected chi connectivity index (χ0v) is 25.2. The number of hydrogen-bond donors (Lipinski definition) is 2. The summed E-state index contributed by atoms with van der Waals surface area (Å²) in [4.78, 5) is 35.8. The molecule has 1 aliphatic heterocycles. The molecule has 1 aliphatic carbocycles. The van der Waals surface area contributed by atoms with Gasteiger partial charge in [-0.1, -0.05) is 96.3 Å². The van der Waals surface area contributed by atoms with Crippen LogP contribution in [0.25, 0.3) is 10.2 Å². The molecule has 4 aromatic carbocycles. The monoisotopic (exact) mass is 618 g/mol. The Labute approximate surface area is 261 Å². The number of urea groups is 1. The van der Waals surface area contributed by atoms with Gasteiger partial charge >= 0.3 is 6.03 Å². The number of amides is 3. The maximum absolute atomic E-state index is 13.8. The second kappa shape index (κ2) is 12.1. The number of benzene rings is 4. The third kappa shape index (κ3) is 5.84. The van der Waals surface area contributed by atoms with Crippen LogP contribution in [0.1, 0.15) is 10.8 Å². The number of anilines is 3. The number of nitrogens with one attached hydrogen (secondary N) is 2. The average Bonchev–Trinajstić information content (AvgIpc) is 3.45. The number of nitrogens with zero attached hydrogens (tertiary/aromatic N) is 2. The van der Waals surface area contributed by atoms with E-state index in [2.05, 4.69) is 33.8 Å². The highest BCUT2D eigenvalue weighted by Gasteiger charge is 2.36. The Morgan fingerprint density at radius 3 is 2.51 bits per heavy atom. The van der Waals surface area contributed by atoms with Crippen molar-refractivity contribution in [3.63, 3.8) is 0 Å². The molecule has 9 heteroatoms. The molecule has 3 unspecified atom stereocenters. The molecular weight excluding hydrogens is 593 g/mol. The molecule has 6 nitrogen and oxygen atoms in total. The van der Waals surface area contributed by atoms with Gasteiger partial charge in [0.1, 0.15) is 5.25 Å². The summed E-state index contributed by atoms with van der Waals surface area (Å²) in [5.41, 5.74) is 3.30. The number of fused-ring (bicyclic) bond motifs is 3. The zero-order chi connectivity index (χ0) is 29.2. The van der Waals surface area contributed by atoms with Crippen LogP contribution in [-0.2, 0) is 4.79 Å². The van der Waals surface area contributed by atoms with Gasteiger partial charge in [-0.25, -0.2) is 9.78 Å². The Morgan fingerprint density at radius 1 is 0.837 bits per heavy atom. The van der Waals surface area contributed by atoms with Crippen molar-refractivity contribution in [1.82, 2.24) is 4.98 Å². The van der Waals surface area contributed by atoms with E-state index in [0.29, 0.717) is 10.8 Å². The fraction of sp³-hybridized carbons (Fsp3) is 0.0882. The van der Waals surface area contributed by atoms with Gasteiger partial charge in [0.25, 0.3) is 0 Å². The van der Waals surface area contributed by atoms with Crippen LogP contribution >= 0.6 is 34.9 Å². The standard InChI is InChI=1S/C34H26N4O2S3/c39-32(37-33-36-25-15-4-7-18-28(25)43-33)31(22-11-2-1-3-12-22)41-24-14-10-13-23(21-24)35-34(40)38-26-16-5-8-19-29(26)42-30-20-9-6-17-27(30)38/h1-21,26,29,31H,(H,35,40)(H,36,37,39). The van der Waals surface area contributed by atoms with Crippen LogP contribution in [0.15, 0.2) is 137 Å². The third-order valence-corrected chi connectivity index (χ3v) is 10.7. The van der Waals surface area contributed by atoms with E-state index in [9.17, 15) is 9.59 Å². The molecule has 0 fully saturated rings. The number of aromatic nitrogens is 1. The molecule has 43 heavy (non-hydrogen) atoms. The first kappa shape index (κ1) is 27.5. The van der Waals surface area contributed by atoms with Gasteiger partial charge in [0.15, 0.2) is 5.13 Å². The normalized spacial score (nSPS) is 17.6. The molecule has 0 saturated carbocycles. The first-order chi connectivity index (χ1) is 21.1. The summed E-state index contributed by atoms with van der Waals surface area (Å²) < 4.78 is 1.02. The number of thioether (sulfide) groups is 2. The van der Waals surface area contributed by atoms with Gasteiger partial charge < -0.3 is 10.6 Å². The molecule has 0 radical (unpaired) electrons. The first-order valence-electron chi connectivity index (χ1n) is 13.8. The summed E-state index contributed by atoms with van der Waals surface area (Å²) in [6, 6.07) is 32.9. The maximum atomic E-state index is 13.8. The largest absolute Gasteiger partial charge is 0.326 e. The molecule has 2 N–H and O–H groups in total. The fourth-order valence-electron chi connectivity index (χ4n) is 5.19. The van der Waals surface area contributed by atoms with Gasteiger partial charge in [-0.15, -0.1) is 23.5 Å². The number of thiazole rings is 1. The maximum Gasteiger partial charge on any atom is 0.326 e. The minimum atomic E-state index is -0.523. The molecule has 5 aromatic rings. The van der Waals surface area contributed by atoms with Crippen molar-refractivity contribution in [3.05, 3.63) is 133 Å². The second-order valence-corrected chi connectivity index (χ2v) is 13.5. The lowest BCUT2D eigenvalue weighted by Crippen LogP contribution is -2.49. The molecule has 3 amide bonds. The Balaban J connectivity index is 1.12. The molecular formula is C34H26N4O2S3. The lowest BCUT2D eigenvalue weighted by Gasteiger charge is -2.40. The smallest absolute Gasteiger partial charge is 0.307 e. The van der Waals surface area contributed by atoms with Crippen LogP contribution in [0, 0.1) is 0 Å². The van der Waals surface area contributed by atoms with Gasteiger partial charge in [-0.05, 0) is 48.0 Å². The van der Waals surface area contributed by atoms with Crippen molar-refractivity contribution in [3.8, 4) is 0 Å². The fourth-order valence-corrected chi connectivity index (χ4v) is 8.40. The van der Waals surface area contributed by atoms with Crippen molar-refractivity contribution >= 4 is 73.5 Å². The summed E-state index contributed by atoms with van der Waals surface area (Å²) >= 11 is 4.67. The van der Waals surface area contributed by atoms with E-state index in [1.807, 2.05) is 114 Å². The summed E-state index contributed by atoms with van der Waals surface area (Å²) in [5.74, 6) is -0.157. The van der Waals surface area contributed by atoms with Crippen molar-refractivity contribution in [2.75, 3.05) is 15.5 Å². The van der Waals surface area contributed by atoms with E-state index < -0.39 is 5.25 Å². The highest BCUT2D eigenvalue weighted by atomic mass is 32.2. The molecule has 0 bridgehead atoms. The summed E-state index contributed by atoms with van der Waals surface area (Å²) in [6.07, 6.45) is 8.26. The summed E-state index contributed by atoms with van der Waals surface area (Å²) in [6.45, 7) is 0. The second-order valence-electron chi connectivity index (χ2n) is 10.0. The van der Waals surface area contributed by atoms with Crippen molar-refractivity contribution in [2.45, 2.75) is 26.3 Å². The Hall–Kier alpha value is -4.31. The van der Waals surface area contributed by atoms with Gasteiger partial charge in [0.2, 0.25) is 5.91 Å². The van der Waals surface area contributed by atoms with E-state index in [0.717, 1.165) is 31.3 Å². The highest BCUT2D eigenvalue weighted by Crippen LogP contribution is 2.44. The van der Waals surface area contributed by atoms with Crippen LogP contribution in [0.3, 0.4) is 0 Å². The van der Waals surface area contributed by atoms with Crippen LogP contribution in [0.2, 0.25) is 0 Å². The van der Waals surface area contributed by atoms with Crippen LogP contribution in [0.5, 0.6) is 0 Å². The van der Waals surface area contributed by atoms with Crippen LogP contribution in [0.4, 0.5) is 21.3 Å². The number of hydrogen-bond acceptors (Lipinski definition) is 6. The number of rotatable bonds is 6. The molecule has 0 saturated heterocycles. The predicted octanol–water partition coefficient (Wildman–Crippen LogP) is 8.78. The van der Waals surface area contributed by atoms with E-state index >= 15 is 0 Å². The van der Waals surface area contributed by atoms with E-state index in [1.165, 1.54) is 23.1 Å². The number of allylic oxidation sites excluding steroid dienone is 2. The molecule has 2 heterocycles. The minimum absolute atomic E-state index is 0.0869. The van der Waals surface area contributed by atoms with E-state index in [-0.39, 0.29) is 23.2 Å². The minimum Gasteiger partial charge on any atom is -0.307 e. The van der Waals surface area contributed by atoms with Crippen LogP contribution < -0.4 is 15.5 Å². The highest BCUT2D eigenvalue weighted by molar-refractivity contribution is 8.00. The molecule has 2 aliphatic rings. The molecule has 7 rings (SSSR count). The third-order valence-electron chi connectivity index (χ3n) is 7.17. The number of para-hydroxylation sites is 2. The Kier molecular flexibility index (Phi) is 7.76. The molecule has 0 spiro atoms. The lowest BCUT2D eigenvalue weighted by atomic mass is 10.1.